The quantitative estimate of drug-likeness (QED) is 0.521. The first-order chi connectivity index (χ1) is 17.2. The molecule has 4 rings (SSSR count). The van der Waals surface area contributed by atoms with Gasteiger partial charge in [0.15, 0.2) is 11.6 Å². The predicted octanol–water partition coefficient (Wildman–Crippen LogP) is 1.85. The van der Waals surface area contributed by atoms with Gasteiger partial charge in [-0.05, 0) is 30.6 Å². The molecule has 1 aliphatic carbocycles. The summed E-state index contributed by atoms with van der Waals surface area (Å²) in [7, 11) is 0. The molecule has 1 aliphatic heterocycles. The molecule has 1 saturated carbocycles. The molecule has 0 radical (unpaired) electrons. The molecule has 2 aliphatic rings. The number of piperidine rings is 1. The van der Waals surface area contributed by atoms with E-state index in [2.05, 4.69) is 36.3 Å². The summed E-state index contributed by atoms with van der Waals surface area (Å²) < 4.78 is 11.6. The Morgan fingerprint density at radius 3 is 2.67 bits per heavy atom. The van der Waals surface area contributed by atoms with Crippen molar-refractivity contribution >= 4 is 17.7 Å². The number of carbonyl (C=O) groups excluding carboxylic acids is 1. The van der Waals surface area contributed by atoms with Gasteiger partial charge in [-0.25, -0.2) is 9.97 Å². The lowest BCUT2D eigenvalue weighted by Crippen LogP contribution is -2.38. The first kappa shape index (κ1) is 25.3. The van der Waals surface area contributed by atoms with Crippen molar-refractivity contribution < 1.29 is 14.3 Å². The number of nitrogens with zero attached hydrogens (tertiary/aromatic N) is 7. The standard InChI is InChI=1S/C24H33N9O3/c1-24(2,3)13-28-21(34)20-30-22(32-23(31-20)36-12-17-8-16(17)9-25)33-6-4-15(5-7-33)11-35-18-10-27-14-29-19(18)26/h10,14-17H,4-8,11-13H2,1-3H3,(H,28,34)(H2,26,27,29)/t16-,17+/m1/s1. The molecule has 12 nitrogen and oxygen atoms in total. The summed E-state index contributed by atoms with van der Waals surface area (Å²) in [5.41, 5.74) is 5.75. The van der Waals surface area contributed by atoms with Crippen molar-refractivity contribution in [1.82, 2.24) is 30.2 Å². The maximum atomic E-state index is 12.8. The van der Waals surface area contributed by atoms with Gasteiger partial charge in [-0.15, -0.1) is 0 Å². The third-order valence-electron chi connectivity index (χ3n) is 6.18. The van der Waals surface area contributed by atoms with Gasteiger partial charge >= 0.3 is 6.01 Å². The van der Waals surface area contributed by atoms with Crippen LogP contribution in [0.1, 0.15) is 50.7 Å². The highest BCUT2D eigenvalue weighted by molar-refractivity contribution is 5.90. The zero-order chi connectivity index (χ0) is 25.7. The SMILES string of the molecule is CC(C)(C)CNC(=O)c1nc(OC[C@@H]2C[C@@H]2C#N)nc(N2CCC(COc3cncnc3N)CC2)n1. The molecule has 2 aromatic heterocycles. The number of ether oxygens (including phenoxy) is 2. The fourth-order valence-corrected chi connectivity index (χ4v) is 3.79. The zero-order valence-electron chi connectivity index (χ0n) is 21.0. The van der Waals surface area contributed by atoms with E-state index in [-0.39, 0.29) is 35.0 Å². The lowest BCUT2D eigenvalue weighted by atomic mass is 9.97. The number of hydrogen-bond donors (Lipinski definition) is 2. The highest BCUT2D eigenvalue weighted by Crippen LogP contribution is 2.37. The molecule has 12 heteroatoms. The van der Waals surface area contributed by atoms with Gasteiger partial charge in [0.2, 0.25) is 11.8 Å². The van der Waals surface area contributed by atoms with Gasteiger partial charge in [0, 0.05) is 25.6 Å². The second kappa shape index (κ2) is 10.9. The summed E-state index contributed by atoms with van der Waals surface area (Å²) in [4.78, 5) is 35.9. The van der Waals surface area contributed by atoms with E-state index >= 15 is 0 Å². The number of carbonyl (C=O) groups is 1. The molecule has 2 aromatic rings. The van der Waals surface area contributed by atoms with Crippen molar-refractivity contribution in [2.45, 2.75) is 40.0 Å². The maximum absolute atomic E-state index is 12.8. The van der Waals surface area contributed by atoms with E-state index in [0.717, 1.165) is 19.3 Å². The monoisotopic (exact) mass is 495 g/mol. The van der Waals surface area contributed by atoms with Crippen molar-refractivity contribution in [2.24, 2.45) is 23.2 Å². The summed E-state index contributed by atoms with van der Waals surface area (Å²) in [6.45, 7) is 8.84. The van der Waals surface area contributed by atoms with Crippen molar-refractivity contribution in [3.63, 3.8) is 0 Å². The predicted molar refractivity (Wildman–Crippen MR) is 131 cm³/mol. The molecule has 2 fully saturated rings. The molecule has 3 N–H and O–H groups in total. The van der Waals surface area contributed by atoms with Gasteiger partial charge < -0.3 is 25.4 Å². The molecule has 1 saturated heterocycles. The minimum Gasteiger partial charge on any atom is -0.488 e. The summed E-state index contributed by atoms with van der Waals surface area (Å²) in [6, 6.07) is 2.35. The number of nitrogens with one attached hydrogen (secondary N) is 1. The van der Waals surface area contributed by atoms with Crippen LogP contribution in [0.4, 0.5) is 11.8 Å². The number of nitrogen functional groups attached to an aromatic ring is 1. The molecule has 2 atom stereocenters. The number of amides is 1. The summed E-state index contributed by atoms with van der Waals surface area (Å²) >= 11 is 0. The van der Waals surface area contributed by atoms with E-state index in [0.29, 0.717) is 56.3 Å². The Hall–Kier alpha value is -3.75. The minimum atomic E-state index is -0.370. The molecule has 0 spiro atoms. The van der Waals surface area contributed by atoms with Crippen LogP contribution in [-0.4, -0.2) is 63.7 Å². The minimum absolute atomic E-state index is 0.0138. The van der Waals surface area contributed by atoms with Gasteiger partial charge in [-0.1, -0.05) is 20.8 Å². The average Bonchev–Trinajstić information content (AvgIpc) is 3.64. The van der Waals surface area contributed by atoms with Crippen molar-refractivity contribution in [1.29, 1.82) is 5.26 Å². The van der Waals surface area contributed by atoms with E-state index in [1.807, 2.05) is 25.7 Å². The molecule has 0 aromatic carbocycles. The molecular weight excluding hydrogens is 462 g/mol. The molecular formula is C24H33N9O3. The van der Waals surface area contributed by atoms with Gasteiger partial charge in [0.25, 0.3) is 5.91 Å². The largest absolute Gasteiger partial charge is 0.488 e. The lowest BCUT2D eigenvalue weighted by molar-refractivity contribution is 0.0926. The smallest absolute Gasteiger partial charge is 0.321 e. The number of aromatic nitrogens is 5. The van der Waals surface area contributed by atoms with E-state index in [4.69, 9.17) is 20.5 Å². The van der Waals surface area contributed by atoms with Crippen molar-refractivity contribution in [2.75, 3.05) is 43.5 Å². The van der Waals surface area contributed by atoms with Crippen molar-refractivity contribution in [3.05, 3.63) is 18.3 Å². The van der Waals surface area contributed by atoms with Gasteiger partial charge in [0.05, 0.1) is 31.4 Å². The third-order valence-corrected chi connectivity index (χ3v) is 6.18. The van der Waals surface area contributed by atoms with Crippen LogP contribution in [0.15, 0.2) is 12.5 Å². The van der Waals surface area contributed by atoms with Crippen LogP contribution in [0, 0.1) is 34.5 Å². The molecule has 0 bridgehead atoms. The van der Waals surface area contributed by atoms with Crippen LogP contribution < -0.4 is 25.4 Å². The Morgan fingerprint density at radius 1 is 1.22 bits per heavy atom. The number of nitrogens with two attached hydrogens (primary N) is 1. The number of anilines is 2. The fraction of sp³-hybridized carbons (Fsp3) is 0.625. The summed E-state index contributed by atoms with van der Waals surface area (Å²) in [5.74, 6) is 1.39. The van der Waals surface area contributed by atoms with Gasteiger partial charge in [-0.3, -0.25) is 4.79 Å². The van der Waals surface area contributed by atoms with E-state index in [1.54, 1.807) is 6.20 Å². The highest BCUT2D eigenvalue weighted by atomic mass is 16.5. The van der Waals surface area contributed by atoms with Gasteiger partial charge in [-0.2, -0.15) is 20.2 Å². The Morgan fingerprint density at radius 2 is 2.00 bits per heavy atom. The first-order valence-electron chi connectivity index (χ1n) is 12.2. The zero-order valence-corrected chi connectivity index (χ0v) is 21.0. The topological polar surface area (TPSA) is 165 Å². The molecule has 0 unspecified atom stereocenters. The van der Waals surface area contributed by atoms with Crippen LogP contribution >= 0.6 is 0 Å². The Bertz CT molecular complexity index is 1110. The molecule has 3 heterocycles. The van der Waals surface area contributed by atoms with Crippen LogP contribution in [0.25, 0.3) is 0 Å². The van der Waals surface area contributed by atoms with E-state index in [9.17, 15) is 4.79 Å². The van der Waals surface area contributed by atoms with Crippen LogP contribution in [-0.2, 0) is 0 Å². The fourth-order valence-electron chi connectivity index (χ4n) is 3.79. The molecule has 36 heavy (non-hydrogen) atoms. The lowest BCUT2D eigenvalue weighted by Gasteiger charge is -2.32. The van der Waals surface area contributed by atoms with Crippen LogP contribution in [0.2, 0.25) is 0 Å². The number of rotatable bonds is 9. The highest BCUT2D eigenvalue weighted by Gasteiger charge is 2.38. The average molecular weight is 496 g/mol. The normalized spacial score (nSPS) is 19.9. The second-order valence-corrected chi connectivity index (χ2v) is 10.5. The second-order valence-electron chi connectivity index (χ2n) is 10.5. The summed E-state index contributed by atoms with van der Waals surface area (Å²) in [6.07, 6.45) is 5.47. The van der Waals surface area contributed by atoms with E-state index in [1.165, 1.54) is 6.33 Å². The Labute approximate surface area is 210 Å². The maximum Gasteiger partial charge on any atom is 0.321 e. The summed E-state index contributed by atoms with van der Waals surface area (Å²) in [5, 5.41) is 11.9. The Balaban J connectivity index is 1.40. The van der Waals surface area contributed by atoms with Crippen LogP contribution in [0.3, 0.4) is 0 Å². The van der Waals surface area contributed by atoms with Gasteiger partial charge in [0.1, 0.15) is 6.33 Å². The van der Waals surface area contributed by atoms with Crippen LogP contribution in [0.5, 0.6) is 11.8 Å². The third kappa shape index (κ3) is 6.90. The molecule has 192 valence electrons. The number of nitriles is 1. The van der Waals surface area contributed by atoms with Crippen molar-refractivity contribution in [3.8, 4) is 17.8 Å². The number of hydrogen-bond acceptors (Lipinski definition) is 11. The first-order valence-corrected chi connectivity index (χ1v) is 12.2. The Kier molecular flexibility index (Phi) is 7.67. The van der Waals surface area contributed by atoms with E-state index < -0.39 is 0 Å². The molecule has 1 amide bonds.